The second-order valence-corrected chi connectivity index (χ2v) is 4.30. The first-order valence-corrected chi connectivity index (χ1v) is 5.19. The van der Waals surface area contributed by atoms with Crippen molar-refractivity contribution in [1.29, 1.82) is 0 Å². The average molecular weight is 186 g/mol. The standard InChI is InChI=1S/C11H22O2/c1-4-5-6-7-8-10(13)11(2,3)9-12/h9-10,13H,4-8H2,1-3H3. The first-order chi connectivity index (χ1) is 6.04. The second-order valence-electron chi connectivity index (χ2n) is 4.30. The van der Waals surface area contributed by atoms with Crippen molar-refractivity contribution in [1.82, 2.24) is 0 Å². The molecule has 0 aliphatic carbocycles. The van der Waals surface area contributed by atoms with Crippen LogP contribution in [0, 0.1) is 5.41 Å². The van der Waals surface area contributed by atoms with Crippen molar-refractivity contribution in [3.05, 3.63) is 0 Å². The van der Waals surface area contributed by atoms with Gasteiger partial charge in [0, 0.05) is 5.41 Å². The maximum absolute atomic E-state index is 10.6. The number of carbonyl (C=O) groups is 1. The predicted molar refractivity (Wildman–Crippen MR) is 54.6 cm³/mol. The van der Waals surface area contributed by atoms with Crippen LogP contribution in [0.2, 0.25) is 0 Å². The quantitative estimate of drug-likeness (QED) is 0.490. The van der Waals surface area contributed by atoms with Crippen LogP contribution >= 0.6 is 0 Å². The molecule has 0 amide bonds. The molecule has 1 unspecified atom stereocenters. The third-order valence-electron chi connectivity index (χ3n) is 2.49. The average Bonchev–Trinajstić information content (AvgIpc) is 2.12. The summed E-state index contributed by atoms with van der Waals surface area (Å²) < 4.78 is 0. The van der Waals surface area contributed by atoms with Gasteiger partial charge in [0.05, 0.1) is 6.10 Å². The highest BCUT2D eigenvalue weighted by Crippen LogP contribution is 2.21. The zero-order valence-corrected chi connectivity index (χ0v) is 9.05. The van der Waals surface area contributed by atoms with Crippen LogP contribution in [0.25, 0.3) is 0 Å². The van der Waals surface area contributed by atoms with Gasteiger partial charge in [0.25, 0.3) is 0 Å². The molecule has 1 N–H and O–H groups in total. The maximum Gasteiger partial charge on any atom is 0.128 e. The van der Waals surface area contributed by atoms with Crippen molar-refractivity contribution in [3.63, 3.8) is 0 Å². The third-order valence-corrected chi connectivity index (χ3v) is 2.49. The molecule has 0 aliphatic heterocycles. The van der Waals surface area contributed by atoms with Crippen molar-refractivity contribution in [2.24, 2.45) is 5.41 Å². The molecule has 0 heterocycles. The van der Waals surface area contributed by atoms with Crippen LogP contribution in [0.1, 0.15) is 52.9 Å². The van der Waals surface area contributed by atoms with Crippen LogP contribution in [0.3, 0.4) is 0 Å². The van der Waals surface area contributed by atoms with E-state index in [2.05, 4.69) is 6.92 Å². The Morgan fingerprint density at radius 3 is 2.38 bits per heavy atom. The van der Waals surface area contributed by atoms with Gasteiger partial charge in [-0.3, -0.25) is 0 Å². The van der Waals surface area contributed by atoms with Crippen LogP contribution in [-0.2, 0) is 4.79 Å². The minimum Gasteiger partial charge on any atom is -0.392 e. The molecule has 0 fully saturated rings. The molecule has 0 aliphatic rings. The number of aliphatic hydroxyl groups is 1. The van der Waals surface area contributed by atoms with Gasteiger partial charge in [-0.1, -0.05) is 46.5 Å². The Morgan fingerprint density at radius 2 is 1.92 bits per heavy atom. The van der Waals surface area contributed by atoms with E-state index >= 15 is 0 Å². The summed E-state index contributed by atoms with van der Waals surface area (Å²) in [6, 6.07) is 0. The smallest absolute Gasteiger partial charge is 0.128 e. The minimum atomic E-state index is -0.577. The summed E-state index contributed by atoms with van der Waals surface area (Å²) in [5.41, 5.74) is -0.577. The summed E-state index contributed by atoms with van der Waals surface area (Å²) in [4.78, 5) is 10.6. The molecule has 0 radical (unpaired) electrons. The molecule has 0 aromatic carbocycles. The Morgan fingerprint density at radius 1 is 1.31 bits per heavy atom. The summed E-state index contributed by atoms with van der Waals surface area (Å²) in [7, 11) is 0. The molecule has 1 atom stereocenters. The lowest BCUT2D eigenvalue weighted by molar-refractivity contribution is -0.120. The molecule has 0 saturated heterocycles. The van der Waals surface area contributed by atoms with Crippen LogP contribution in [0.5, 0.6) is 0 Å². The van der Waals surface area contributed by atoms with Crippen LogP contribution in [0.15, 0.2) is 0 Å². The van der Waals surface area contributed by atoms with Crippen molar-refractivity contribution in [2.45, 2.75) is 59.0 Å². The van der Waals surface area contributed by atoms with Crippen LogP contribution in [0.4, 0.5) is 0 Å². The lowest BCUT2D eigenvalue weighted by Crippen LogP contribution is -2.30. The fourth-order valence-corrected chi connectivity index (χ4v) is 1.22. The summed E-state index contributed by atoms with van der Waals surface area (Å²) in [5, 5.41) is 9.65. The highest BCUT2D eigenvalue weighted by molar-refractivity contribution is 5.58. The second kappa shape index (κ2) is 6.14. The Bertz CT molecular complexity index is 141. The van der Waals surface area contributed by atoms with E-state index in [1.54, 1.807) is 13.8 Å². The fraction of sp³-hybridized carbons (Fsp3) is 0.909. The largest absolute Gasteiger partial charge is 0.392 e. The van der Waals surface area contributed by atoms with Crippen molar-refractivity contribution >= 4 is 6.29 Å². The van der Waals surface area contributed by atoms with Gasteiger partial charge < -0.3 is 9.90 Å². The molecule has 0 saturated carbocycles. The third kappa shape index (κ3) is 5.04. The zero-order valence-electron chi connectivity index (χ0n) is 9.05. The summed E-state index contributed by atoms with van der Waals surface area (Å²) in [6.45, 7) is 5.72. The Balaban J connectivity index is 3.61. The Labute approximate surface area is 81.3 Å². The van der Waals surface area contributed by atoms with Gasteiger partial charge in [-0.2, -0.15) is 0 Å². The van der Waals surface area contributed by atoms with E-state index in [0.29, 0.717) is 0 Å². The van der Waals surface area contributed by atoms with Crippen molar-refractivity contribution in [3.8, 4) is 0 Å². The lowest BCUT2D eigenvalue weighted by Gasteiger charge is -2.24. The van der Waals surface area contributed by atoms with Gasteiger partial charge in [-0.05, 0) is 6.42 Å². The number of aldehydes is 1. The van der Waals surface area contributed by atoms with Crippen LogP contribution in [-0.4, -0.2) is 17.5 Å². The normalized spacial score (nSPS) is 14.2. The summed E-state index contributed by atoms with van der Waals surface area (Å²) in [6.07, 6.45) is 5.70. The van der Waals surface area contributed by atoms with Crippen molar-refractivity contribution in [2.75, 3.05) is 0 Å². The topological polar surface area (TPSA) is 37.3 Å². The molecular formula is C11H22O2. The SMILES string of the molecule is CCCCCCC(O)C(C)(C)C=O. The highest BCUT2D eigenvalue weighted by Gasteiger charge is 2.26. The van der Waals surface area contributed by atoms with E-state index < -0.39 is 11.5 Å². The van der Waals surface area contributed by atoms with Crippen LogP contribution < -0.4 is 0 Å². The van der Waals surface area contributed by atoms with Gasteiger partial charge in [-0.15, -0.1) is 0 Å². The Kier molecular flexibility index (Phi) is 5.97. The van der Waals surface area contributed by atoms with Gasteiger partial charge in [-0.25, -0.2) is 0 Å². The molecular weight excluding hydrogens is 164 g/mol. The Hall–Kier alpha value is -0.370. The molecule has 0 rings (SSSR count). The zero-order chi connectivity index (χ0) is 10.3. The highest BCUT2D eigenvalue weighted by atomic mass is 16.3. The number of aliphatic hydroxyl groups excluding tert-OH is 1. The fourth-order valence-electron chi connectivity index (χ4n) is 1.22. The number of carbonyl (C=O) groups excluding carboxylic acids is 1. The molecule has 2 heteroatoms. The molecule has 13 heavy (non-hydrogen) atoms. The first-order valence-electron chi connectivity index (χ1n) is 5.19. The van der Waals surface area contributed by atoms with E-state index in [1.807, 2.05) is 0 Å². The minimum absolute atomic E-state index is 0.484. The van der Waals surface area contributed by atoms with E-state index in [1.165, 1.54) is 12.8 Å². The number of unbranched alkanes of at least 4 members (excludes halogenated alkanes) is 3. The predicted octanol–water partition coefficient (Wildman–Crippen LogP) is 2.54. The first kappa shape index (κ1) is 12.6. The van der Waals surface area contributed by atoms with E-state index in [4.69, 9.17) is 0 Å². The number of hydrogen-bond acceptors (Lipinski definition) is 2. The summed E-state index contributed by atoms with van der Waals surface area (Å²) in [5.74, 6) is 0. The van der Waals surface area contributed by atoms with Gasteiger partial charge in [0.2, 0.25) is 0 Å². The molecule has 2 nitrogen and oxygen atoms in total. The monoisotopic (exact) mass is 186 g/mol. The van der Waals surface area contributed by atoms with Gasteiger partial charge in [0.1, 0.15) is 6.29 Å². The molecule has 78 valence electrons. The molecule has 0 aromatic heterocycles. The van der Waals surface area contributed by atoms with E-state index in [9.17, 15) is 9.90 Å². The van der Waals surface area contributed by atoms with E-state index in [-0.39, 0.29) is 0 Å². The maximum atomic E-state index is 10.6. The van der Waals surface area contributed by atoms with Gasteiger partial charge in [0.15, 0.2) is 0 Å². The number of hydrogen-bond donors (Lipinski definition) is 1. The van der Waals surface area contributed by atoms with Crippen molar-refractivity contribution < 1.29 is 9.90 Å². The molecule has 0 aromatic rings. The molecule has 0 spiro atoms. The van der Waals surface area contributed by atoms with E-state index in [0.717, 1.165) is 25.5 Å². The lowest BCUT2D eigenvalue weighted by atomic mass is 9.85. The number of rotatable bonds is 7. The summed E-state index contributed by atoms with van der Waals surface area (Å²) >= 11 is 0. The molecule has 0 bridgehead atoms. The van der Waals surface area contributed by atoms with Gasteiger partial charge >= 0.3 is 0 Å².